The highest BCUT2D eigenvalue weighted by molar-refractivity contribution is 7.11. The summed E-state index contributed by atoms with van der Waals surface area (Å²) in [6.45, 7) is 6.74. The molecule has 2 heterocycles. The van der Waals surface area contributed by atoms with E-state index in [9.17, 15) is 0 Å². The molecular weight excluding hydrogens is 244 g/mol. The monoisotopic (exact) mass is 266 g/mol. The maximum Gasteiger partial charge on any atom is 0.107 e. The molecule has 0 unspecified atom stereocenters. The van der Waals surface area contributed by atoms with Crippen molar-refractivity contribution in [1.29, 1.82) is 0 Å². The molecular formula is C13H22N4S. The van der Waals surface area contributed by atoms with Gasteiger partial charge in [-0.2, -0.15) is 0 Å². The number of thiazole rings is 1. The van der Waals surface area contributed by atoms with Gasteiger partial charge in [-0.05, 0) is 19.9 Å². The van der Waals surface area contributed by atoms with Crippen LogP contribution in [0.25, 0.3) is 0 Å². The average Bonchev–Trinajstić information content (AvgIpc) is 3.10. The Balaban J connectivity index is 1.46. The van der Waals surface area contributed by atoms with Gasteiger partial charge < -0.3 is 10.2 Å². The number of likely N-dealkylation sites (N-methyl/N-ethyl adjacent to an activating group) is 1. The fourth-order valence-electron chi connectivity index (χ4n) is 2.23. The van der Waals surface area contributed by atoms with Gasteiger partial charge in [-0.25, -0.2) is 4.98 Å². The predicted molar refractivity (Wildman–Crippen MR) is 74.7 cm³/mol. The van der Waals surface area contributed by atoms with Crippen LogP contribution in [0.1, 0.15) is 22.7 Å². The maximum atomic E-state index is 4.55. The lowest BCUT2D eigenvalue weighted by molar-refractivity contribution is 0.148. The fraction of sp³-hybridized carbons (Fsp3) is 0.769. The summed E-state index contributed by atoms with van der Waals surface area (Å²) in [6.07, 6.45) is 4.76. The van der Waals surface area contributed by atoms with E-state index < -0.39 is 0 Å². The Morgan fingerprint density at radius 2 is 2.11 bits per heavy atom. The summed E-state index contributed by atoms with van der Waals surface area (Å²) in [7, 11) is 2.20. The van der Waals surface area contributed by atoms with Crippen LogP contribution in [-0.4, -0.2) is 54.1 Å². The van der Waals surface area contributed by atoms with Crippen LogP contribution >= 0.6 is 11.3 Å². The molecule has 0 radical (unpaired) electrons. The Morgan fingerprint density at radius 3 is 2.83 bits per heavy atom. The summed E-state index contributed by atoms with van der Waals surface area (Å²) in [6, 6.07) is 0.785. The molecule has 100 valence electrons. The normalized spacial score (nSPS) is 22.5. The zero-order valence-electron chi connectivity index (χ0n) is 11.1. The lowest BCUT2D eigenvalue weighted by atomic mass is 10.3. The van der Waals surface area contributed by atoms with Crippen LogP contribution in [-0.2, 0) is 13.1 Å². The smallest absolute Gasteiger partial charge is 0.107 e. The van der Waals surface area contributed by atoms with Crippen molar-refractivity contribution in [3.8, 4) is 0 Å². The van der Waals surface area contributed by atoms with E-state index in [1.54, 1.807) is 0 Å². The Labute approximate surface area is 113 Å². The molecule has 0 aromatic carbocycles. The molecule has 2 fully saturated rings. The third kappa shape index (κ3) is 3.51. The van der Waals surface area contributed by atoms with Gasteiger partial charge in [-0.3, -0.25) is 4.90 Å². The number of aromatic nitrogens is 1. The molecule has 1 N–H and O–H groups in total. The summed E-state index contributed by atoms with van der Waals surface area (Å²) in [5, 5.41) is 4.82. The number of hydrogen-bond acceptors (Lipinski definition) is 5. The summed E-state index contributed by atoms with van der Waals surface area (Å²) < 4.78 is 0. The van der Waals surface area contributed by atoms with Crippen LogP contribution in [0.3, 0.4) is 0 Å². The number of piperazine rings is 1. The van der Waals surface area contributed by atoms with Gasteiger partial charge in [0.25, 0.3) is 0 Å². The number of nitrogens with one attached hydrogen (secondary N) is 1. The van der Waals surface area contributed by atoms with Gasteiger partial charge in [0, 0.05) is 49.8 Å². The predicted octanol–water partition coefficient (Wildman–Crippen LogP) is 1.14. The van der Waals surface area contributed by atoms with E-state index >= 15 is 0 Å². The van der Waals surface area contributed by atoms with Gasteiger partial charge in [0.15, 0.2) is 0 Å². The number of nitrogens with zero attached hydrogens (tertiary/aromatic N) is 3. The van der Waals surface area contributed by atoms with Crippen molar-refractivity contribution in [3.63, 3.8) is 0 Å². The third-order valence-corrected chi connectivity index (χ3v) is 4.68. The lowest BCUT2D eigenvalue weighted by Gasteiger charge is -2.31. The minimum atomic E-state index is 0.785. The van der Waals surface area contributed by atoms with Crippen molar-refractivity contribution in [2.45, 2.75) is 32.0 Å². The van der Waals surface area contributed by atoms with Crippen molar-refractivity contribution in [2.75, 3.05) is 33.2 Å². The molecule has 3 rings (SSSR count). The molecule has 0 bridgehead atoms. The molecule has 0 spiro atoms. The van der Waals surface area contributed by atoms with Crippen molar-refractivity contribution >= 4 is 11.3 Å². The Kier molecular flexibility index (Phi) is 3.94. The first-order chi connectivity index (χ1) is 8.79. The van der Waals surface area contributed by atoms with E-state index in [1.165, 1.54) is 48.9 Å². The Morgan fingerprint density at radius 1 is 1.33 bits per heavy atom. The maximum absolute atomic E-state index is 4.55. The Hall–Kier alpha value is -0.490. The minimum absolute atomic E-state index is 0.785. The van der Waals surface area contributed by atoms with E-state index in [1.807, 2.05) is 17.5 Å². The minimum Gasteiger partial charge on any atom is -0.309 e. The first-order valence-electron chi connectivity index (χ1n) is 6.87. The van der Waals surface area contributed by atoms with Crippen molar-refractivity contribution < 1.29 is 0 Å². The van der Waals surface area contributed by atoms with Gasteiger partial charge in [0.05, 0.1) is 6.54 Å². The summed E-state index contributed by atoms with van der Waals surface area (Å²) in [4.78, 5) is 10.8. The molecule has 18 heavy (non-hydrogen) atoms. The summed E-state index contributed by atoms with van der Waals surface area (Å²) in [5.74, 6) is 0. The first kappa shape index (κ1) is 12.5. The van der Waals surface area contributed by atoms with Gasteiger partial charge in [0.1, 0.15) is 5.01 Å². The quantitative estimate of drug-likeness (QED) is 0.866. The molecule has 2 aliphatic rings. The van der Waals surface area contributed by atoms with Crippen molar-refractivity contribution in [3.05, 3.63) is 16.1 Å². The van der Waals surface area contributed by atoms with E-state index in [0.717, 1.165) is 19.1 Å². The average molecular weight is 266 g/mol. The second kappa shape index (κ2) is 5.65. The first-order valence-corrected chi connectivity index (χ1v) is 7.69. The molecule has 1 aliphatic carbocycles. The van der Waals surface area contributed by atoms with Gasteiger partial charge in [0.2, 0.25) is 0 Å². The van der Waals surface area contributed by atoms with Gasteiger partial charge in [-0.15, -0.1) is 11.3 Å². The third-order valence-electron chi connectivity index (χ3n) is 3.70. The van der Waals surface area contributed by atoms with Gasteiger partial charge >= 0.3 is 0 Å². The zero-order valence-corrected chi connectivity index (χ0v) is 11.9. The molecule has 1 saturated carbocycles. The van der Waals surface area contributed by atoms with Crippen LogP contribution in [0.4, 0.5) is 0 Å². The molecule has 5 heteroatoms. The fourth-order valence-corrected chi connectivity index (χ4v) is 3.15. The van der Waals surface area contributed by atoms with E-state index in [4.69, 9.17) is 0 Å². The Bertz CT molecular complexity index is 380. The highest BCUT2D eigenvalue weighted by atomic mass is 32.1. The molecule has 4 nitrogen and oxygen atoms in total. The molecule has 0 amide bonds. The largest absolute Gasteiger partial charge is 0.309 e. The molecule has 1 saturated heterocycles. The second-order valence-corrected chi connectivity index (χ2v) is 6.65. The van der Waals surface area contributed by atoms with E-state index in [-0.39, 0.29) is 0 Å². The van der Waals surface area contributed by atoms with Crippen LogP contribution in [0.5, 0.6) is 0 Å². The van der Waals surface area contributed by atoms with Crippen molar-refractivity contribution in [1.82, 2.24) is 20.1 Å². The molecule has 1 aromatic heterocycles. The molecule has 0 atom stereocenters. The van der Waals surface area contributed by atoms with Crippen LogP contribution in [0, 0.1) is 0 Å². The van der Waals surface area contributed by atoms with E-state index in [2.05, 4.69) is 27.1 Å². The highest BCUT2D eigenvalue weighted by Gasteiger charge is 2.20. The topological polar surface area (TPSA) is 31.4 Å². The summed E-state index contributed by atoms with van der Waals surface area (Å²) in [5.41, 5.74) is 0. The standard InChI is InChI=1S/C13H22N4S/c1-16-4-6-17(7-5-16)10-13-15-9-12(18-13)8-14-11-2-3-11/h9,11,14H,2-8,10H2,1H3. The SMILES string of the molecule is CN1CCN(Cc2ncc(CNC3CC3)s2)CC1. The van der Waals surface area contributed by atoms with E-state index in [0.29, 0.717) is 0 Å². The number of hydrogen-bond donors (Lipinski definition) is 1. The number of rotatable bonds is 5. The molecule has 1 aliphatic heterocycles. The van der Waals surface area contributed by atoms with Crippen LogP contribution < -0.4 is 5.32 Å². The lowest BCUT2D eigenvalue weighted by Crippen LogP contribution is -2.43. The van der Waals surface area contributed by atoms with Crippen LogP contribution in [0.15, 0.2) is 6.20 Å². The second-order valence-electron chi connectivity index (χ2n) is 5.45. The summed E-state index contributed by atoms with van der Waals surface area (Å²) >= 11 is 1.87. The van der Waals surface area contributed by atoms with Gasteiger partial charge in [-0.1, -0.05) is 0 Å². The van der Waals surface area contributed by atoms with Crippen LogP contribution in [0.2, 0.25) is 0 Å². The zero-order chi connectivity index (χ0) is 12.4. The molecule has 1 aromatic rings. The van der Waals surface area contributed by atoms with Crippen molar-refractivity contribution in [2.24, 2.45) is 0 Å². The highest BCUT2D eigenvalue weighted by Crippen LogP contribution is 2.21.